The van der Waals surface area contributed by atoms with Crippen molar-refractivity contribution in [1.29, 1.82) is 0 Å². The van der Waals surface area contributed by atoms with Gasteiger partial charge in [0.2, 0.25) is 0 Å². The number of likely N-dealkylation sites (N-methyl/N-ethyl adjacent to an activating group) is 1. The van der Waals surface area contributed by atoms with Crippen molar-refractivity contribution in [3.63, 3.8) is 0 Å². The van der Waals surface area contributed by atoms with Crippen molar-refractivity contribution in [2.75, 3.05) is 37.7 Å². The van der Waals surface area contributed by atoms with Gasteiger partial charge in [-0.25, -0.2) is 4.98 Å². The van der Waals surface area contributed by atoms with E-state index in [-0.39, 0.29) is 11.6 Å². The van der Waals surface area contributed by atoms with E-state index in [9.17, 15) is 13.2 Å². The Hall–Kier alpha value is -1.50. The van der Waals surface area contributed by atoms with Gasteiger partial charge < -0.3 is 16.0 Å². The molecule has 1 heterocycles. The van der Waals surface area contributed by atoms with Crippen LogP contribution in [0.25, 0.3) is 0 Å². The van der Waals surface area contributed by atoms with Gasteiger partial charge in [-0.15, -0.1) is 0 Å². The van der Waals surface area contributed by atoms with Crippen molar-refractivity contribution >= 4 is 11.6 Å². The first-order chi connectivity index (χ1) is 8.32. The van der Waals surface area contributed by atoms with Crippen LogP contribution in [0, 0.1) is 0 Å². The largest absolute Gasteiger partial charge is 0.416 e. The van der Waals surface area contributed by atoms with Crippen LogP contribution >= 0.6 is 0 Å². The lowest BCUT2D eigenvalue weighted by Crippen LogP contribution is -2.25. The second-order valence-corrected chi connectivity index (χ2v) is 3.99. The Morgan fingerprint density at radius 2 is 2.06 bits per heavy atom. The van der Waals surface area contributed by atoms with E-state index in [0.29, 0.717) is 13.1 Å². The number of nitrogen functional groups attached to an aromatic ring is 1. The van der Waals surface area contributed by atoms with Crippen molar-refractivity contribution in [3.8, 4) is 0 Å². The van der Waals surface area contributed by atoms with Crippen LogP contribution in [0.2, 0.25) is 0 Å². The Labute approximate surface area is 104 Å². The second kappa shape index (κ2) is 5.90. The summed E-state index contributed by atoms with van der Waals surface area (Å²) in [6.45, 7) is 4.10. The minimum atomic E-state index is -4.41. The number of halogens is 3. The van der Waals surface area contributed by atoms with Gasteiger partial charge in [-0.1, -0.05) is 6.92 Å². The van der Waals surface area contributed by atoms with Crippen LogP contribution in [0.3, 0.4) is 0 Å². The summed E-state index contributed by atoms with van der Waals surface area (Å²) in [4.78, 5) is 5.85. The maximum Gasteiger partial charge on any atom is 0.416 e. The van der Waals surface area contributed by atoms with Crippen LogP contribution < -0.4 is 11.1 Å². The van der Waals surface area contributed by atoms with Gasteiger partial charge in [0.1, 0.15) is 11.6 Å². The molecule has 0 aromatic carbocycles. The Kier molecular flexibility index (Phi) is 4.77. The van der Waals surface area contributed by atoms with Gasteiger partial charge in [0.25, 0.3) is 0 Å². The number of pyridine rings is 1. The van der Waals surface area contributed by atoms with E-state index in [4.69, 9.17) is 5.73 Å². The van der Waals surface area contributed by atoms with E-state index in [2.05, 4.69) is 10.3 Å². The van der Waals surface area contributed by atoms with Crippen molar-refractivity contribution in [1.82, 2.24) is 9.88 Å². The third-order valence-electron chi connectivity index (χ3n) is 2.51. The van der Waals surface area contributed by atoms with Gasteiger partial charge in [-0.3, -0.25) is 0 Å². The fourth-order valence-electron chi connectivity index (χ4n) is 1.34. The Morgan fingerprint density at radius 1 is 1.39 bits per heavy atom. The molecular formula is C11H17F3N4. The van der Waals surface area contributed by atoms with E-state index in [1.165, 1.54) is 0 Å². The normalized spacial score (nSPS) is 11.9. The highest BCUT2D eigenvalue weighted by Crippen LogP contribution is 2.31. The second-order valence-electron chi connectivity index (χ2n) is 3.99. The van der Waals surface area contributed by atoms with E-state index >= 15 is 0 Å². The number of alkyl halides is 3. The Bertz CT molecular complexity index is 392. The van der Waals surface area contributed by atoms with Crippen LogP contribution in [0.4, 0.5) is 24.8 Å². The molecule has 1 aromatic heterocycles. The molecule has 0 radical (unpaired) electrons. The minimum Gasteiger partial charge on any atom is -0.384 e. The molecule has 4 nitrogen and oxygen atoms in total. The maximum absolute atomic E-state index is 12.5. The zero-order chi connectivity index (χ0) is 13.8. The molecule has 0 aliphatic rings. The molecule has 0 spiro atoms. The predicted octanol–water partition coefficient (Wildman–Crippen LogP) is 2.05. The molecule has 1 aromatic rings. The molecule has 0 saturated heterocycles. The van der Waals surface area contributed by atoms with Crippen molar-refractivity contribution in [3.05, 3.63) is 17.7 Å². The maximum atomic E-state index is 12.5. The summed E-state index contributed by atoms with van der Waals surface area (Å²) in [6.07, 6.45) is -4.41. The molecular weight excluding hydrogens is 245 g/mol. The average Bonchev–Trinajstić information content (AvgIpc) is 2.27. The molecule has 0 atom stereocenters. The summed E-state index contributed by atoms with van der Waals surface area (Å²) in [5.41, 5.74) is 4.56. The average molecular weight is 262 g/mol. The summed E-state index contributed by atoms with van der Waals surface area (Å²) >= 11 is 0. The highest BCUT2D eigenvalue weighted by atomic mass is 19.4. The van der Waals surface area contributed by atoms with Gasteiger partial charge in [-0.2, -0.15) is 13.2 Å². The Morgan fingerprint density at radius 3 is 2.61 bits per heavy atom. The zero-order valence-electron chi connectivity index (χ0n) is 10.4. The highest BCUT2D eigenvalue weighted by Gasteiger charge is 2.31. The fraction of sp³-hybridized carbons (Fsp3) is 0.545. The van der Waals surface area contributed by atoms with Crippen molar-refractivity contribution in [2.45, 2.75) is 13.1 Å². The number of hydrogen-bond donors (Lipinski definition) is 2. The molecule has 7 heteroatoms. The summed E-state index contributed by atoms with van der Waals surface area (Å²) in [5.74, 6) is 0.00278. The minimum absolute atomic E-state index is 0.142. The molecule has 0 amide bonds. The standard InChI is InChI=1S/C11H17F3N4/c1-3-18(2)5-4-16-10-7-8(11(12,13)14)6-9(15)17-10/h6-7H,3-5H2,1-2H3,(H3,15,16,17). The van der Waals surface area contributed by atoms with Crippen LogP contribution in [-0.4, -0.2) is 36.6 Å². The van der Waals surface area contributed by atoms with Crippen molar-refractivity contribution in [2.24, 2.45) is 0 Å². The number of anilines is 2. The molecule has 0 bridgehead atoms. The molecule has 3 N–H and O–H groups in total. The Balaban J connectivity index is 2.69. The molecule has 0 fully saturated rings. The number of hydrogen-bond acceptors (Lipinski definition) is 4. The molecule has 1 rings (SSSR count). The van der Waals surface area contributed by atoms with Crippen LogP contribution in [0.15, 0.2) is 12.1 Å². The third kappa shape index (κ3) is 4.40. The van der Waals surface area contributed by atoms with E-state index in [1.807, 2.05) is 18.9 Å². The predicted molar refractivity (Wildman–Crippen MR) is 65.3 cm³/mol. The smallest absolute Gasteiger partial charge is 0.384 e. The molecule has 0 saturated carbocycles. The van der Waals surface area contributed by atoms with Crippen molar-refractivity contribution < 1.29 is 13.2 Å². The SMILES string of the molecule is CCN(C)CCNc1cc(C(F)(F)F)cc(N)n1. The third-order valence-corrected chi connectivity index (χ3v) is 2.51. The molecule has 0 aliphatic heterocycles. The lowest BCUT2D eigenvalue weighted by atomic mass is 10.2. The summed E-state index contributed by atoms with van der Waals surface area (Å²) < 4.78 is 37.6. The first-order valence-electron chi connectivity index (χ1n) is 5.60. The fourth-order valence-corrected chi connectivity index (χ4v) is 1.34. The lowest BCUT2D eigenvalue weighted by molar-refractivity contribution is -0.137. The van der Waals surface area contributed by atoms with Gasteiger partial charge in [0.05, 0.1) is 5.56 Å². The van der Waals surface area contributed by atoms with Gasteiger partial charge >= 0.3 is 6.18 Å². The highest BCUT2D eigenvalue weighted by molar-refractivity contribution is 5.47. The number of nitrogens with one attached hydrogen (secondary N) is 1. The first-order valence-corrected chi connectivity index (χ1v) is 5.60. The number of nitrogens with zero attached hydrogens (tertiary/aromatic N) is 2. The van der Waals surface area contributed by atoms with E-state index in [0.717, 1.165) is 18.7 Å². The molecule has 102 valence electrons. The van der Waals surface area contributed by atoms with Crippen LogP contribution in [0.5, 0.6) is 0 Å². The van der Waals surface area contributed by atoms with Crippen LogP contribution in [0.1, 0.15) is 12.5 Å². The first kappa shape index (κ1) is 14.6. The van der Waals surface area contributed by atoms with Gasteiger partial charge in [0, 0.05) is 13.1 Å². The molecule has 0 aliphatic carbocycles. The van der Waals surface area contributed by atoms with E-state index < -0.39 is 11.7 Å². The topological polar surface area (TPSA) is 54.2 Å². The van der Waals surface area contributed by atoms with Gasteiger partial charge in [-0.05, 0) is 25.7 Å². The quantitative estimate of drug-likeness (QED) is 0.852. The van der Waals surface area contributed by atoms with E-state index in [1.54, 1.807) is 0 Å². The number of rotatable bonds is 5. The van der Waals surface area contributed by atoms with Crippen LogP contribution in [-0.2, 0) is 6.18 Å². The zero-order valence-corrected chi connectivity index (χ0v) is 10.4. The monoisotopic (exact) mass is 262 g/mol. The van der Waals surface area contributed by atoms with Gasteiger partial charge in [0.15, 0.2) is 0 Å². The summed E-state index contributed by atoms with van der Waals surface area (Å²) in [5, 5.41) is 2.83. The molecule has 0 unspecified atom stereocenters. The number of nitrogens with two attached hydrogens (primary N) is 1. The summed E-state index contributed by atoms with van der Waals surface area (Å²) in [7, 11) is 1.93. The lowest BCUT2D eigenvalue weighted by Gasteiger charge is -2.15. The molecule has 18 heavy (non-hydrogen) atoms. The summed E-state index contributed by atoms with van der Waals surface area (Å²) in [6, 6.07) is 1.78. The number of aromatic nitrogens is 1.